The van der Waals surface area contributed by atoms with Gasteiger partial charge in [-0.2, -0.15) is 13.2 Å². The zero-order chi connectivity index (χ0) is 11.1. The Morgan fingerprint density at radius 1 is 1.33 bits per heavy atom. The summed E-state index contributed by atoms with van der Waals surface area (Å²) in [7, 11) is 0. The van der Waals surface area contributed by atoms with Crippen LogP contribution in [0.15, 0.2) is 24.3 Å². The molecule has 0 unspecified atom stereocenters. The highest BCUT2D eigenvalue weighted by atomic mass is 19.4. The zero-order valence-corrected chi connectivity index (χ0v) is 7.96. The molecule has 2 rings (SSSR count). The Morgan fingerprint density at radius 3 is 2.60 bits per heavy atom. The minimum Gasteiger partial charge on any atom is -0.396 e. The van der Waals surface area contributed by atoms with Crippen LogP contribution >= 0.6 is 0 Å². The minimum atomic E-state index is -4.28. The van der Waals surface area contributed by atoms with Crippen molar-refractivity contribution in [2.24, 2.45) is 5.92 Å². The van der Waals surface area contributed by atoms with Crippen molar-refractivity contribution in [3.63, 3.8) is 0 Å². The van der Waals surface area contributed by atoms with Gasteiger partial charge in [-0.15, -0.1) is 0 Å². The van der Waals surface area contributed by atoms with E-state index in [1.165, 1.54) is 12.1 Å². The summed E-state index contributed by atoms with van der Waals surface area (Å²) in [6.45, 7) is 0.0565. The lowest BCUT2D eigenvalue weighted by Gasteiger charge is -2.08. The number of aliphatic hydroxyl groups excluding tert-OH is 1. The van der Waals surface area contributed by atoms with Crippen LogP contribution in [0.1, 0.15) is 23.5 Å². The largest absolute Gasteiger partial charge is 0.416 e. The molecule has 0 saturated heterocycles. The van der Waals surface area contributed by atoms with Crippen molar-refractivity contribution in [3.05, 3.63) is 35.4 Å². The van der Waals surface area contributed by atoms with E-state index in [2.05, 4.69) is 0 Å². The molecule has 2 atom stereocenters. The van der Waals surface area contributed by atoms with E-state index in [1.54, 1.807) is 6.07 Å². The van der Waals surface area contributed by atoms with E-state index in [0.717, 1.165) is 12.5 Å². The molecule has 1 N–H and O–H groups in total. The van der Waals surface area contributed by atoms with E-state index < -0.39 is 11.7 Å². The van der Waals surface area contributed by atoms with Crippen molar-refractivity contribution >= 4 is 0 Å². The molecule has 1 aromatic carbocycles. The normalized spacial score (nSPS) is 25.3. The molecule has 4 heteroatoms. The minimum absolute atomic E-state index is 0.0565. The molecule has 1 saturated carbocycles. The Balaban J connectivity index is 2.21. The molecule has 1 fully saturated rings. The van der Waals surface area contributed by atoms with Gasteiger partial charge in [0.15, 0.2) is 0 Å². The first-order valence-corrected chi connectivity index (χ1v) is 4.80. The third-order valence-electron chi connectivity index (χ3n) is 2.80. The molecule has 0 bridgehead atoms. The lowest BCUT2D eigenvalue weighted by molar-refractivity contribution is -0.137. The van der Waals surface area contributed by atoms with Gasteiger partial charge in [-0.3, -0.25) is 0 Å². The lowest BCUT2D eigenvalue weighted by Crippen LogP contribution is -2.05. The van der Waals surface area contributed by atoms with Gasteiger partial charge < -0.3 is 5.11 Å². The van der Waals surface area contributed by atoms with E-state index in [9.17, 15) is 13.2 Å². The van der Waals surface area contributed by atoms with Gasteiger partial charge in [-0.25, -0.2) is 0 Å². The quantitative estimate of drug-likeness (QED) is 0.805. The highest BCUT2D eigenvalue weighted by Gasteiger charge is 2.39. The van der Waals surface area contributed by atoms with Gasteiger partial charge in [0, 0.05) is 6.61 Å². The van der Waals surface area contributed by atoms with Crippen LogP contribution in [0, 0.1) is 5.92 Å². The standard InChI is InChI=1S/C11H11F3O/c12-11(13,14)9-3-1-2-7(4-9)10-5-8(10)6-15/h1-4,8,10,15H,5-6H2/t8-,10+/m0/s1. The summed E-state index contributed by atoms with van der Waals surface area (Å²) in [6.07, 6.45) is -3.49. The summed E-state index contributed by atoms with van der Waals surface area (Å²) in [5, 5.41) is 8.84. The Morgan fingerprint density at radius 2 is 2.07 bits per heavy atom. The third kappa shape index (κ3) is 2.15. The van der Waals surface area contributed by atoms with Gasteiger partial charge in [-0.1, -0.05) is 18.2 Å². The molecule has 15 heavy (non-hydrogen) atoms. The maximum absolute atomic E-state index is 12.4. The summed E-state index contributed by atoms with van der Waals surface area (Å²) in [5.74, 6) is 0.255. The van der Waals surface area contributed by atoms with Crippen LogP contribution in [0.2, 0.25) is 0 Å². The Kier molecular flexibility index (Phi) is 2.46. The second kappa shape index (κ2) is 3.52. The smallest absolute Gasteiger partial charge is 0.396 e. The van der Waals surface area contributed by atoms with Crippen LogP contribution in [0.5, 0.6) is 0 Å². The fourth-order valence-electron chi connectivity index (χ4n) is 1.80. The van der Waals surface area contributed by atoms with Crippen molar-refractivity contribution in [2.75, 3.05) is 6.61 Å². The summed E-state index contributed by atoms with van der Waals surface area (Å²) >= 11 is 0. The summed E-state index contributed by atoms with van der Waals surface area (Å²) in [6, 6.07) is 5.36. The molecular weight excluding hydrogens is 205 g/mol. The van der Waals surface area contributed by atoms with Gasteiger partial charge in [0.1, 0.15) is 0 Å². The highest BCUT2D eigenvalue weighted by Crippen LogP contribution is 2.47. The van der Waals surface area contributed by atoms with E-state index in [4.69, 9.17) is 5.11 Å². The molecule has 1 aliphatic rings. The number of hydrogen-bond donors (Lipinski definition) is 1. The highest BCUT2D eigenvalue weighted by molar-refractivity contribution is 5.31. The van der Waals surface area contributed by atoms with E-state index in [-0.39, 0.29) is 18.4 Å². The van der Waals surface area contributed by atoms with Crippen molar-refractivity contribution in [2.45, 2.75) is 18.5 Å². The van der Waals surface area contributed by atoms with Gasteiger partial charge >= 0.3 is 6.18 Å². The third-order valence-corrected chi connectivity index (χ3v) is 2.80. The summed E-state index contributed by atoms with van der Waals surface area (Å²) in [4.78, 5) is 0. The van der Waals surface area contributed by atoms with Crippen LogP contribution < -0.4 is 0 Å². The predicted octanol–water partition coefficient (Wildman–Crippen LogP) is 2.80. The molecule has 1 aliphatic carbocycles. The van der Waals surface area contributed by atoms with Crippen molar-refractivity contribution in [1.29, 1.82) is 0 Å². The molecule has 82 valence electrons. The molecule has 0 aliphatic heterocycles. The molecule has 0 heterocycles. The van der Waals surface area contributed by atoms with Crippen molar-refractivity contribution < 1.29 is 18.3 Å². The van der Waals surface area contributed by atoms with Crippen LogP contribution in [0.25, 0.3) is 0 Å². The SMILES string of the molecule is OC[C@@H]1C[C@@H]1c1cccc(C(F)(F)F)c1. The first-order chi connectivity index (χ1) is 7.02. The fourth-order valence-corrected chi connectivity index (χ4v) is 1.80. The first-order valence-electron chi connectivity index (χ1n) is 4.80. The maximum Gasteiger partial charge on any atom is 0.416 e. The first kappa shape index (κ1) is 10.5. The van der Waals surface area contributed by atoms with Gasteiger partial charge in [0.05, 0.1) is 5.56 Å². The monoisotopic (exact) mass is 216 g/mol. The predicted molar refractivity (Wildman–Crippen MR) is 49.4 cm³/mol. The number of halogens is 3. The maximum atomic E-state index is 12.4. The van der Waals surface area contributed by atoms with Gasteiger partial charge in [0.25, 0.3) is 0 Å². The van der Waals surface area contributed by atoms with Crippen molar-refractivity contribution in [1.82, 2.24) is 0 Å². The van der Waals surface area contributed by atoms with Crippen LogP contribution in [0.3, 0.4) is 0 Å². The molecule has 0 aromatic heterocycles. The Hall–Kier alpha value is -1.03. The molecule has 1 nitrogen and oxygen atoms in total. The zero-order valence-electron chi connectivity index (χ0n) is 7.96. The van der Waals surface area contributed by atoms with Gasteiger partial charge in [-0.05, 0) is 29.9 Å². The number of rotatable bonds is 2. The van der Waals surface area contributed by atoms with E-state index in [0.29, 0.717) is 5.56 Å². The molecule has 1 aromatic rings. The topological polar surface area (TPSA) is 20.2 Å². The molecule has 0 spiro atoms. The second-order valence-electron chi connectivity index (χ2n) is 3.91. The second-order valence-corrected chi connectivity index (χ2v) is 3.91. The number of benzene rings is 1. The Labute approximate surface area is 85.5 Å². The summed E-state index contributed by atoms with van der Waals surface area (Å²) in [5.41, 5.74) is 0.0764. The van der Waals surface area contributed by atoms with Crippen molar-refractivity contribution in [3.8, 4) is 0 Å². The average molecular weight is 216 g/mol. The van der Waals surface area contributed by atoms with E-state index in [1.807, 2.05) is 0 Å². The average Bonchev–Trinajstić information content (AvgIpc) is 2.95. The number of alkyl halides is 3. The van der Waals surface area contributed by atoms with Gasteiger partial charge in [0.2, 0.25) is 0 Å². The lowest BCUT2D eigenvalue weighted by atomic mass is 10.1. The number of aliphatic hydroxyl groups is 1. The van der Waals surface area contributed by atoms with E-state index >= 15 is 0 Å². The van der Waals surface area contributed by atoms with Crippen LogP contribution in [-0.4, -0.2) is 11.7 Å². The van der Waals surface area contributed by atoms with Crippen LogP contribution in [-0.2, 0) is 6.18 Å². The number of hydrogen-bond acceptors (Lipinski definition) is 1. The molecular formula is C11H11F3O. The molecule has 0 amide bonds. The fraction of sp³-hybridized carbons (Fsp3) is 0.455. The summed E-state index contributed by atoms with van der Waals surface area (Å²) < 4.78 is 37.1. The Bertz CT molecular complexity index is 359. The van der Waals surface area contributed by atoms with Crippen LogP contribution in [0.4, 0.5) is 13.2 Å². The molecule has 0 radical (unpaired) electrons.